The molecule has 1 atom stereocenters. The Morgan fingerprint density at radius 2 is 1.84 bits per heavy atom. The highest BCUT2D eigenvalue weighted by atomic mass is 19.1. The molecule has 31 heavy (non-hydrogen) atoms. The van der Waals surface area contributed by atoms with Gasteiger partial charge in [0.25, 0.3) is 11.5 Å². The van der Waals surface area contributed by atoms with Gasteiger partial charge >= 0.3 is 0 Å². The first-order valence-corrected chi connectivity index (χ1v) is 10.9. The van der Waals surface area contributed by atoms with Crippen LogP contribution in [0.15, 0.2) is 47.4 Å². The average molecular weight is 428 g/mol. The van der Waals surface area contributed by atoms with E-state index in [4.69, 9.17) is 0 Å². The fourth-order valence-corrected chi connectivity index (χ4v) is 4.19. The standard InChI is InChI=1S/C24H30FN3O3/c1-3-21(17-11-13-18(25)14-12-17)27(2)22(29)16-28-15-7-10-20(24(28)31)23(30)26-19-8-5-4-6-9-19/h7,10-15,19,21H,3-6,8-9,16H2,1-2H3,(H,26,30)/t21-/m1/s1. The monoisotopic (exact) mass is 427 g/mol. The number of likely N-dealkylation sites (N-methyl/N-ethyl adjacent to an activating group) is 1. The molecule has 1 fully saturated rings. The Morgan fingerprint density at radius 1 is 1.16 bits per heavy atom. The van der Waals surface area contributed by atoms with Crippen molar-refractivity contribution in [1.82, 2.24) is 14.8 Å². The number of benzene rings is 1. The lowest BCUT2D eigenvalue weighted by Crippen LogP contribution is -2.41. The predicted octanol–water partition coefficient (Wildman–Crippen LogP) is 3.66. The highest BCUT2D eigenvalue weighted by molar-refractivity contribution is 5.94. The van der Waals surface area contributed by atoms with E-state index in [9.17, 15) is 18.8 Å². The van der Waals surface area contributed by atoms with E-state index in [1.165, 1.54) is 35.4 Å². The first-order chi connectivity index (χ1) is 14.9. The highest BCUT2D eigenvalue weighted by Gasteiger charge is 2.23. The van der Waals surface area contributed by atoms with Crippen LogP contribution in [0.2, 0.25) is 0 Å². The van der Waals surface area contributed by atoms with Crippen LogP contribution in [0, 0.1) is 5.82 Å². The molecule has 1 aliphatic carbocycles. The molecule has 2 aromatic rings. The van der Waals surface area contributed by atoms with Crippen molar-refractivity contribution >= 4 is 11.8 Å². The highest BCUT2D eigenvalue weighted by Crippen LogP contribution is 2.23. The van der Waals surface area contributed by atoms with Gasteiger partial charge in [-0.2, -0.15) is 0 Å². The topological polar surface area (TPSA) is 71.4 Å². The second-order valence-corrected chi connectivity index (χ2v) is 8.14. The number of carbonyl (C=O) groups is 2. The Labute approximate surface area is 182 Å². The molecule has 1 heterocycles. The Kier molecular flexibility index (Phi) is 7.60. The lowest BCUT2D eigenvalue weighted by atomic mass is 9.95. The fourth-order valence-electron chi connectivity index (χ4n) is 4.19. The number of hydrogen-bond donors (Lipinski definition) is 1. The molecular weight excluding hydrogens is 397 g/mol. The molecular formula is C24H30FN3O3. The molecule has 1 aromatic heterocycles. The summed E-state index contributed by atoms with van der Waals surface area (Å²) < 4.78 is 14.5. The van der Waals surface area contributed by atoms with Crippen molar-refractivity contribution in [2.45, 2.75) is 64.1 Å². The van der Waals surface area contributed by atoms with Gasteiger partial charge in [-0.3, -0.25) is 14.4 Å². The van der Waals surface area contributed by atoms with E-state index in [2.05, 4.69) is 5.32 Å². The predicted molar refractivity (Wildman–Crippen MR) is 117 cm³/mol. The second kappa shape index (κ2) is 10.4. The van der Waals surface area contributed by atoms with Crippen LogP contribution in [0.3, 0.4) is 0 Å². The van der Waals surface area contributed by atoms with Crippen molar-refractivity contribution in [2.75, 3.05) is 7.05 Å². The molecule has 0 aliphatic heterocycles. The van der Waals surface area contributed by atoms with Gasteiger partial charge < -0.3 is 14.8 Å². The summed E-state index contributed by atoms with van der Waals surface area (Å²) in [5, 5.41) is 2.95. The third-order valence-corrected chi connectivity index (χ3v) is 6.01. The van der Waals surface area contributed by atoms with Gasteiger partial charge in [-0.25, -0.2) is 4.39 Å². The molecule has 0 spiro atoms. The van der Waals surface area contributed by atoms with E-state index < -0.39 is 5.56 Å². The molecule has 0 saturated heterocycles. The quantitative estimate of drug-likeness (QED) is 0.733. The van der Waals surface area contributed by atoms with E-state index in [0.29, 0.717) is 6.42 Å². The summed E-state index contributed by atoms with van der Waals surface area (Å²) in [7, 11) is 1.67. The molecule has 3 rings (SSSR count). The first-order valence-electron chi connectivity index (χ1n) is 10.9. The maximum atomic E-state index is 13.2. The molecule has 6 nitrogen and oxygen atoms in total. The van der Waals surface area contributed by atoms with Gasteiger partial charge in [0.1, 0.15) is 17.9 Å². The molecule has 1 aromatic carbocycles. The minimum atomic E-state index is -0.479. The molecule has 0 radical (unpaired) electrons. The molecule has 1 saturated carbocycles. The smallest absolute Gasteiger partial charge is 0.263 e. The van der Waals surface area contributed by atoms with Crippen molar-refractivity contribution in [3.63, 3.8) is 0 Å². The van der Waals surface area contributed by atoms with Crippen LogP contribution in [0.25, 0.3) is 0 Å². The summed E-state index contributed by atoms with van der Waals surface area (Å²) in [6, 6.07) is 9.04. The van der Waals surface area contributed by atoms with E-state index in [1.807, 2.05) is 6.92 Å². The molecule has 166 valence electrons. The third kappa shape index (κ3) is 5.60. The van der Waals surface area contributed by atoms with Crippen LogP contribution in [-0.2, 0) is 11.3 Å². The summed E-state index contributed by atoms with van der Waals surface area (Å²) in [6.07, 6.45) is 7.36. The van der Waals surface area contributed by atoms with E-state index >= 15 is 0 Å². The van der Waals surface area contributed by atoms with Crippen LogP contribution in [-0.4, -0.2) is 34.4 Å². The number of carbonyl (C=O) groups excluding carboxylic acids is 2. The van der Waals surface area contributed by atoms with Crippen molar-refractivity contribution < 1.29 is 14.0 Å². The molecule has 1 N–H and O–H groups in total. The molecule has 2 amide bonds. The number of halogens is 1. The Morgan fingerprint density at radius 3 is 2.48 bits per heavy atom. The SMILES string of the molecule is CC[C@H](c1ccc(F)cc1)N(C)C(=O)Cn1cccc(C(=O)NC2CCCCC2)c1=O. The van der Waals surface area contributed by atoms with Gasteiger partial charge in [-0.05, 0) is 49.1 Å². The lowest BCUT2D eigenvalue weighted by Gasteiger charge is -2.28. The van der Waals surface area contributed by atoms with Gasteiger partial charge in [0.05, 0.1) is 6.04 Å². The number of nitrogens with one attached hydrogen (secondary N) is 1. The Bertz CT molecular complexity index is 965. The van der Waals surface area contributed by atoms with Crippen molar-refractivity contribution in [3.05, 3.63) is 69.9 Å². The number of rotatable bonds is 7. The number of amides is 2. The van der Waals surface area contributed by atoms with Crippen molar-refractivity contribution in [2.24, 2.45) is 0 Å². The van der Waals surface area contributed by atoms with Crippen molar-refractivity contribution in [1.29, 1.82) is 0 Å². The van der Waals surface area contributed by atoms with Crippen LogP contribution in [0.1, 0.15) is 67.4 Å². The first kappa shape index (κ1) is 22.7. The normalized spacial score (nSPS) is 15.3. The van der Waals surface area contributed by atoms with E-state index in [-0.39, 0.29) is 41.8 Å². The minimum absolute atomic E-state index is 0.0501. The Balaban J connectivity index is 1.71. The maximum absolute atomic E-state index is 13.2. The lowest BCUT2D eigenvalue weighted by molar-refractivity contribution is -0.132. The second-order valence-electron chi connectivity index (χ2n) is 8.14. The van der Waals surface area contributed by atoms with Crippen molar-refractivity contribution in [3.8, 4) is 0 Å². The maximum Gasteiger partial charge on any atom is 0.263 e. The largest absolute Gasteiger partial charge is 0.349 e. The molecule has 0 unspecified atom stereocenters. The van der Waals surface area contributed by atoms with E-state index in [1.54, 1.807) is 30.1 Å². The third-order valence-electron chi connectivity index (χ3n) is 6.01. The number of hydrogen-bond acceptors (Lipinski definition) is 3. The van der Waals surface area contributed by atoms with E-state index in [0.717, 1.165) is 31.2 Å². The summed E-state index contributed by atoms with van der Waals surface area (Å²) in [5.74, 6) is -0.977. The number of nitrogens with zero attached hydrogens (tertiary/aromatic N) is 2. The number of aromatic nitrogens is 1. The average Bonchev–Trinajstić information content (AvgIpc) is 2.77. The van der Waals surface area contributed by atoms with Gasteiger partial charge in [-0.15, -0.1) is 0 Å². The molecule has 7 heteroatoms. The summed E-state index contributed by atoms with van der Waals surface area (Å²) in [4.78, 5) is 39.9. The fraction of sp³-hybridized carbons (Fsp3) is 0.458. The van der Waals surface area contributed by atoms with Gasteiger partial charge in [0, 0.05) is 19.3 Å². The summed E-state index contributed by atoms with van der Waals surface area (Å²) >= 11 is 0. The van der Waals surface area contributed by atoms with Crippen LogP contribution in [0.5, 0.6) is 0 Å². The van der Waals surface area contributed by atoms with Gasteiger partial charge in [-0.1, -0.05) is 38.3 Å². The van der Waals surface area contributed by atoms with Crippen LogP contribution < -0.4 is 10.9 Å². The summed E-state index contributed by atoms with van der Waals surface area (Å²) in [6.45, 7) is 1.78. The van der Waals surface area contributed by atoms with Gasteiger partial charge in [0.15, 0.2) is 0 Å². The molecule has 1 aliphatic rings. The zero-order valence-electron chi connectivity index (χ0n) is 18.1. The molecule has 0 bridgehead atoms. The zero-order chi connectivity index (χ0) is 22.4. The Hall–Kier alpha value is -2.96. The summed E-state index contributed by atoms with van der Waals surface area (Å²) in [5.41, 5.74) is 0.397. The number of pyridine rings is 1. The van der Waals surface area contributed by atoms with Crippen LogP contribution in [0.4, 0.5) is 4.39 Å². The zero-order valence-corrected chi connectivity index (χ0v) is 18.1. The minimum Gasteiger partial charge on any atom is -0.349 e. The van der Waals surface area contributed by atoms with Crippen LogP contribution >= 0.6 is 0 Å². The van der Waals surface area contributed by atoms with Gasteiger partial charge in [0.2, 0.25) is 5.91 Å².